The predicted octanol–water partition coefficient (Wildman–Crippen LogP) is 4.90. The summed E-state index contributed by atoms with van der Waals surface area (Å²) in [5.74, 6) is -0.215. The van der Waals surface area contributed by atoms with E-state index in [1.165, 1.54) is 36.0 Å². The molecule has 6 heteroatoms. The summed E-state index contributed by atoms with van der Waals surface area (Å²) < 4.78 is 13.1. The lowest BCUT2D eigenvalue weighted by molar-refractivity contribution is 0.0962. The molecule has 1 unspecified atom stereocenters. The molecule has 0 spiro atoms. The number of ketones is 1. The second-order valence-electron chi connectivity index (χ2n) is 7.86. The van der Waals surface area contributed by atoms with Crippen LogP contribution in [0.3, 0.4) is 0 Å². The van der Waals surface area contributed by atoms with Gasteiger partial charge in [-0.05, 0) is 53.6 Å². The van der Waals surface area contributed by atoms with E-state index in [2.05, 4.69) is 53.4 Å². The maximum absolute atomic E-state index is 13.1. The number of anilines is 1. The third kappa shape index (κ3) is 4.13. The van der Waals surface area contributed by atoms with Gasteiger partial charge in [-0.15, -0.1) is 0 Å². The topological polar surface area (TPSA) is 72.0 Å². The van der Waals surface area contributed by atoms with Crippen LogP contribution < -0.4 is 5.32 Å². The number of amides is 1. The molecule has 1 atom stereocenters. The lowest BCUT2D eigenvalue weighted by Crippen LogP contribution is -2.22. The van der Waals surface area contributed by atoms with E-state index in [0.29, 0.717) is 35.6 Å². The molecule has 1 heterocycles. The van der Waals surface area contributed by atoms with E-state index >= 15 is 0 Å². The Morgan fingerprint density at radius 2 is 1.77 bits per heavy atom. The van der Waals surface area contributed by atoms with Gasteiger partial charge in [-0.3, -0.25) is 14.9 Å². The molecular formula is C24H22FN3O2. The molecule has 5 nitrogen and oxygen atoms in total. The van der Waals surface area contributed by atoms with Crippen LogP contribution in [0, 0.1) is 5.82 Å². The van der Waals surface area contributed by atoms with Crippen LogP contribution in [0.2, 0.25) is 0 Å². The van der Waals surface area contributed by atoms with Crippen LogP contribution >= 0.6 is 0 Å². The van der Waals surface area contributed by atoms with Crippen LogP contribution in [0.4, 0.5) is 10.3 Å². The molecule has 1 aromatic heterocycles. The molecule has 0 fully saturated rings. The average Bonchev–Trinajstić information content (AvgIpc) is 2.74. The van der Waals surface area contributed by atoms with Crippen LogP contribution in [0.5, 0.6) is 0 Å². The Labute approximate surface area is 174 Å². The highest BCUT2D eigenvalue weighted by Crippen LogP contribution is 2.32. The first-order chi connectivity index (χ1) is 14.4. The maximum Gasteiger partial charge on any atom is 0.258 e. The number of carbonyl (C=O) groups is 2. The minimum atomic E-state index is -0.432. The van der Waals surface area contributed by atoms with Crippen molar-refractivity contribution in [3.8, 4) is 0 Å². The standard InChI is InChI=1S/C24H22FN3O2/c1-14(2)15-3-5-16(6-4-15)18-11-21-20(22(29)12-18)13-26-24(27-21)28-23(30)17-7-9-19(25)10-8-17/h3-10,13-14,18H,11-12H2,1-2H3,(H,26,27,28,30). The van der Waals surface area contributed by atoms with Gasteiger partial charge in [-0.2, -0.15) is 0 Å². The van der Waals surface area contributed by atoms with Gasteiger partial charge in [-0.1, -0.05) is 38.1 Å². The molecule has 1 aliphatic rings. The van der Waals surface area contributed by atoms with Gasteiger partial charge in [-0.25, -0.2) is 14.4 Å². The van der Waals surface area contributed by atoms with Gasteiger partial charge in [0.2, 0.25) is 5.95 Å². The van der Waals surface area contributed by atoms with Crippen molar-refractivity contribution in [3.63, 3.8) is 0 Å². The quantitative estimate of drug-likeness (QED) is 0.672. The molecule has 3 aromatic rings. The minimum Gasteiger partial charge on any atom is -0.294 e. The molecule has 1 amide bonds. The molecule has 4 rings (SSSR count). The third-order valence-electron chi connectivity index (χ3n) is 5.45. The molecule has 30 heavy (non-hydrogen) atoms. The Kier molecular flexibility index (Phi) is 5.40. The zero-order valence-corrected chi connectivity index (χ0v) is 16.9. The highest BCUT2D eigenvalue weighted by Gasteiger charge is 2.28. The SMILES string of the molecule is CC(C)c1ccc(C2CC(=O)c3cnc(NC(=O)c4ccc(F)cc4)nc3C2)cc1. The number of carbonyl (C=O) groups excluding carboxylic acids is 2. The second kappa shape index (κ2) is 8.14. The number of rotatable bonds is 4. The van der Waals surface area contributed by atoms with E-state index in [-0.39, 0.29) is 17.6 Å². The van der Waals surface area contributed by atoms with Crippen LogP contribution in [-0.4, -0.2) is 21.7 Å². The van der Waals surface area contributed by atoms with Crippen molar-refractivity contribution in [2.75, 3.05) is 5.32 Å². The van der Waals surface area contributed by atoms with Gasteiger partial charge in [0.15, 0.2) is 5.78 Å². The summed E-state index contributed by atoms with van der Waals surface area (Å²) in [6.45, 7) is 4.29. The van der Waals surface area contributed by atoms with E-state index in [1.807, 2.05) is 0 Å². The summed E-state index contributed by atoms with van der Waals surface area (Å²) in [6.07, 6.45) is 2.49. The Balaban J connectivity index is 1.54. The predicted molar refractivity (Wildman–Crippen MR) is 112 cm³/mol. The van der Waals surface area contributed by atoms with Gasteiger partial charge in [0.25, 0.3) is 5.91 Å². The summed E-state index contributed by atoms with van der Waals surface area (Å²) >= 11 is 0. The molecular weight excluding hydrogens is 381 g/mol. The molecule has 152 valence electrons. The van der Waals surface area contributed by atoms with Crippen molar-refractivity contribution in [2.24, 2.45) is 0 Å². The number of fused-ring (bicyclic) bond motifs is 1. The van der Waals surface area contributed by atoms with Gasteiger partial charge < -0.3 is 0 Å². The molecule has 1 aliphatic carbocycles. The average molecular weight is 403 g/mol. The minimum absolute atomic E-state index is 0.00518. The highest BCUT2D eigenvalue weighted by molar-refractivity contribution is 6.03. The van der Waals surface area contributed by atoms with Crippen LogP contribution in [0.25, 0.3) is 0 Å². The van der Waals surface area contributed by atoms with Crippen LogP contribution in [-0.2, 0) is 6.42 Å². The molecule has 2 aromatic carbocycles. The molecule has 0 aliphatic heterocycles. The fraction of sp³-hybridized carbons (Fsp3) is 0.250. The number of hydrogen-bond donors (Lipinski definition) is 1. The number of nitrogens with one attached hydrogen (secondary N) is 1. The van der Waals surface area contributed by atoms with Crippen molar-refractivity contribution in [1.29, 1.82) is 0 Å². The van der Waals surface area contributed by atoms with Gasteiger partial charge in [0, 0.05) is 18.2 Å². The first-order valence-corrected chi connectivity index (χ1v) is 9.96. The molecule has 0 radical (unpaired) electrons. The number of hydrogen-bond acceptors (Lipinski definition) is 4. The summed E-state index contributed by atoms with van der Waals surface area (Å²) in [7, 11) is 0. The van der Waals surface area contributed by atoms with Crippen molar-refractivity contribution < 1.29 is 14.0 Å². The number of benzene rings is 2. The van der Waals surface area contributed by atoms with E-state index in [0.717, 1.165) is 5.56 Å². The van der Waals surface area contributed by atoms with Crippen molar-refractivity contribution in [1.82, 2.24) is 9.97 Å². The van der Waals surface area contributed by atoms with E-state index < -0.39 is 11.7 Å². The smallest absolute Gasteiger partial charge is 0.258 e. The molecule has 0 saturated heterocycles. The Morgan fingerprint density at radius 3 is 2.43 bits per heavy atom. The third-order valence-corrected chi connectivity index (χ3v) is 5.45. The van der Waals surface area contributed by atoms with Crippen LogP contribution in [0.1, 0.15) is 69.6 Å². The first kappa shape index (κ1) is 19.9. The van der Waals surface area contributed by atoms with Gasteiger partial charge in [0.1, 0.15) is 5.82 Å². The fourth-order valence-electron chi connectivity index (χ4n) is 3.67. The zero-order valence-electron chi connectivity index (χ0n) is 16.9. The Hall–Kier alpha value is -3.41. The maximum atomic E-state index is 13.1. The van der Waals surface area contributed by atoms with Crippen molar-refractivity contribution >= 4 is 17.6 Å². The fourth-order valence-corrected chi connectivity index (χ4v) is 3.67. The van der Waals surface area contributed by atoms with Gasteiger partial charge in [0.05, 0.1) is 11.3 Å². The normalized spacial score (nSPS) is 15.7. The second-order valence-corrected chi connectivity index (χ2v) is 7.86. The van der Waals surface area contributed by atoms with Crippen LogP contribution in [0.15, 0.2) is 54.7 Å². The van der Waals surface area contributed by atoms with E-state index in [1.54, 1.807) is 0 Å². The molecule has 0 saturated carbocycles. The summed E-state index contributed by atoms with van der Waals surface area (Å²) in [4.78, 5) is 33.5. The highest BCUT2D eigenvalue weighted by atomic mass is 19.1. The lowest BCUT2D eigenvalue weighted by atomic mass is 9.81. The van der Waals surface area contributed by atoms with Crippen molar-refractivity contribution in [3.05, 3.63) is 88.5 Å². The lowest BCUT2D eigenvalue weighted by Gasteiger charge is -2.23. The molecule has 0 bridgehead atoms. The largest absolute Gasteiger partial charge is 0.294 e. The number of aromatic nitrogens is 2. The zero-order chi connectivity index (χ0) is 21.3. The monoisotopic (exact) mass is 403 g/mol. The molecule has 1 N–H and O–H groups in total. The van der Waals surface area contributed by atoms with E-state index in [4.69, 9.17) is 0 Å². The summed E-state index contributed by atoms with van der Waals surface area (Å²) in [6, 6.07) is 13.6. The Morgan fingerprint density at radius 1 is 1.07 bits per heavy atom. The number of nitrogens with zero attached hydrogens (tertiary/aromatic N) is 2. The Bertz CT molecular complexity index is 1090. The van der Waals surface area contributed by atoms with E-state index in [9.17, 15) is 14.0 Å². The summed E-state index contributed by atoms with van der Waals surface area (Å²) in [5, 5.41) is 2.62. The number of Topliss-reactive ketones (excluding diaryl/α,β-unsaturated/α-hetero) is 1. The number of halogens is 1. The summed E-state index contributed by atoms with van der Waals surface area (Å²) in [5.41, 5.74) is 3.80. The van der Waals surface area contributed by atoms with Crippen molar-refractivity contribution in [2.45, 2.75) is 38.5 Å². The first-order valence-electron chi connectivity index (χ1n) is 9.96. The van der Waals surface area contributed by atoms with Gasteiger partial charge >= 0.3 is 0 Å².